The molecule has 28 heavy (non-hydrogen) atoms. The molecule has 0 spiro atoms. The number of halogens is 1. The molecule has 0 saturated carbocycles. The Bertz CT molecular complexity index is 1020. The molecule has 2 aromatic heterocycles. The number of rotatable bonds is 6. The molecule has 144 valence electrons. The van der Waals surface area contributed by atoms with Gasteiger partial charge >= 0.3 is 0 Å². The number of likely N-dealkylation sites (N-methyl/N-ethyl adjacent to an activating group) is 1. The van der Waals surface area contributed by atoms with E-state index < -0.39 is 0 Å². The van der Waals surface area contributed by atoms with Crippen LogP contribution in [0.25, 0.3) is 16.8 Å². The first kappa shape index (κ1) is 18.3. The van der Waals surface area contributed by atoms with Gasteiger partial charge in [0.25, 0.3) is 0 Å². The third-order valence-corrected chi connectivity index (χ3v) is 5.10. The van der Waals surface area contributed by atoms with Gasteiger partial charge in [0.1, 0.15) is 23.5 Å². The zero-order chi connectivity index (χ0) is 19.5. The maximum absolute atomic E-state index is 14.5. The number of hydrogen-bond donors (Lipinski definition) is 0. The maximum atomic E-state index is 14.5. The highest BCUT2D eigenvalue weighted by Gasteiger charge is 2.16. The van der Waals surface area contributed by atoms with Crippen molar-refractivity contribution in [2.24, 2.45) is 0 Å². The maximum Gasteiger partial charge on any atom is 0.165 e. The highest BCUT2D eigenvalue weighted by atomic mass is 19.1. The highest BCUT2D eigenvalue weighted by molar-refractivity contribution is 5.79. The predicted octanol–water partition coefficient (Wildman–Crippen LogP) is 3.04. The Balaban J connectivity index is 1.63. The number of ether oxygens (including phenoxy) is 1. The molecule has 3 aromatic rings. The molecule has 0 bridgehead atoms. The second kappa shape index (κ2) is 7.87. The van der Waals surface area contributed by atoms with Gasteiger partial charge in [-0.3, -0.25) is 0 Å². The summed E-state index contributed by atoms with van der Waals surface area (Å²) < 4.78 is 21.2. The summed E-state index contributed by atoms with van der Waals surface area (Å²) in [6.45, 7) is 4.23. The van der Waals surface area contributed by atoms with Gasteiger partial charge in [-0.25, -0.2) is 13.9 Å². The van der Waals surface area contributed by atoms with Gasteiger partial charge in [0.15, 0.2) is 5.65 Å². The molecule has 4 rings (SSSR count). The van der Waals surface area contributed by atoms with Gasteiger partial charge in [-0.1, -0.05) is 6.42 Å². The number of terminal acetylenes is 1. The second-order valence-corrected chi connectivity index (χ2v) is 6.94. The zero-order valence-corrected chi connectivity index (χ0v) is 15.8. The van der Waals surface area contributed by atoms with Crippen LogP contribution in [0.1, 0.15) is 12.8 Å². The van der Waals surface area contributed by atoms with Gasteiger partial charge in [-0.2, -0.15) is 5.10 Å². The lowest BCUT2D eigenvalue weighted by molar-refractivity contribution is 0.346. The molecular formula is C21H22FN5O. The minimum atomic E-state index is -0.381. The van der Waals surface area contributed by atoms with Crippen LogP contribution in [-0.2, 0) is 0 Å². The van der Waals surface area contributed by atoms with E-state index in [9.17, 15) is 4.39 Å². The molecule has 0 unspecified atom stereocenters. The third kappa shape index (κ3) is 3.64. The average molecular weight is 379 g/mol. The van der Waals surface area contributed by atoms with Crippen LogP contribution in [0.3, 0.4) is 0 Å². The quantitative estimate of drug-likeness (QED) is 0.616. The number of fused-ring (bicyclic) bond motifs is 1. The minimum absolute atomic E-state index is 0.354. The summed E-state index contributed by atoms with van der Waals surface area (Å²) in [7, 11) is 2.02. The number of benzene rings is 1. The Kier molecular flexibility index (Phi) is 5.13. The van der Waals surface area contributed by atoms with Crippen LogP contribution < -0.4 is 9.64 Å². The van der Waals surface area contributed by atoms with Crippen LogP contribution >= 0.6 is 0 Å². The molecule has 1 fully saturated rings. The normalized spacial score (nSPS) is 14.3. The van der Waals surface area contributed by atoms with E-state index >= 15 is 0 Å². The fraction of sp³-hybridized carbons (Fsp3) is 0.333. The Morgan fingerprint density at radius 2 is 2.07 bits per heavy atom. The van der Waals surface area contributed by atoms with E-state index in [0.29, 0.717) is 22.5 Å². The van der Waals surface area contributed by atoms with Crippen molar-refractivity contribution in [1.82, 2.24) is 19.5 Å². The molecule has 1 aliphatic rings. The molecule has 6 nitrogen and oxygen atoms in total. The standard InChI is InChI=1S/C21H22FN5O/c1-3-28-16-6-7-19(22)17(14-16)18-15-23-27-11-8-20(24-21(18)27)25(2)12-13-26-9-4-5-10-26/h1,6-8,11,14-15H,4-5,9-10,12-13H2,2H3. The fourth-order valence-electron chi connectivity index (χ4n) is 3.52. The van der Waals surface area contributed by atoms with Gasteiger partial charge in [0.05, 0.1) is 6.20 Å². The first-order chi connectivity index (χ1) is 13.7. The van der Waals surface area contributed by atoms with Crippen LogP contribution in [-0.4, -0.2) is 52.7 Å². The van der Waals surface area contributed by atoms with Crippen molar-refractivity contribution in [1.29, 1.82) is 0 Å². The molecule has 0 atom stereocenters. The van der Waals surface area contributed by atoms with Crippen LogP contribution in [0.2, 0.25) is 0 Å². The number of hydrogen-bond acceptors (Lipinski definition) is 5. The molecule has 0 aliphatic carbocycles. The summed E-state index contributed by atoms with van der Waals surface area (Å²) in [6, 6.07) is 6.31. The molecule has 1 aliphatic heterocycles. The fourth-order valence-corrected chi connectivity index (χ4v) is 3.52. The van der Waals surface area contributed by atoms with Crippen molar-refractivity contribution in [2.45, 2.75) is 12.8 Å². The van der Waals surface area contributed by atoms with E-state index in [-0.39, 0.29) is 5.82 Å². The smallest absolute Gasteiger partial charge is 0.165 e. The van der Waals surface area contributed by atoms with Crippen molar-refractivity contribution in [3.8, 4) is 29.4 Å². The van der Waals surface area contributed by atoms with Crippen LogP contribution in [0, 0.1) is 18.3 Å². The monoisotopic (exact) mass is 379 g/mol. The lowest BCUT2D eigenvalue weighted by Crippen LogP contribution is -2.31. The van der Waals surface area contributed by atoms with Gasteiger partial charge in [-0.05, 0) is 50.2 Å². The summed E-state index contributed by atoms with van der Waals surface area (Å²) in [5, 5.41) is 4.30. The van der Waals surface area contributed by atoms with E-state index in [1.807, 2.05) is 19.3 Å². The van der Waals surface area contributed by atoms with E-state index in [2.05, 4.69) is 21.0 Å². The van der Waals surface area contributed by atoms with Crippen molar-refractivity contribution >= 4 is 11.5 Å². The van der Waals surface area contributed by atoms with E-state index in [1.165, 1.54) is 38.1 Å². The highest BCUT2D eigenvalue weighted by Crippen LogP contribution is 2.30. The van der Waals surface area contributed by atoms with Gasteiger partial charge in [0, 0.05) is 37.5 Å². The van der Waals surface area contributed by atoms with Crippen LogP contribution in [0.4, 0.5) is 10.2 Å². The topological polar surface area (TPSA) is 45.9 Å². The van der Waals surface area contributed by atoms with Gasteiger partial charge in [-0.15, -0.1) is 0 Å². The third-order valence-electron chi connectivity index (χ3n) is 5.10. The molecule has 0 amide bonds. The number of likely N-dealkylation sites (tertiary alicyclic amines) is 1. The van der Waals surface area contributed by atoms with Crippen molar-refractivity contribution in [3.63, 3.8) is 0 Å². The van der Waals surface area contributed by atoms with Crippen LogP contribution in [0.15, 0.2) is 36.7 Å². The molecule has 7 heteroatoms. The van der Waals surface area contributed by atoms with Gasteiger partial charge < -0.3 is 14.5 Å². The van der Waals surface area contributed by atoms with E-state index in [4.69, 9.17) is 16.1 Å². The molecule has 0 radical (unpaired) electrons. The van der Waals surface area contributed by atoms with Crippen molar-refractivity contribution in [3.05, 3.63) is 42.5 Å². The zero-order valence-electron chi connectivity index (χ0n) is 15.8. The summed E-state index contributed by atoms with van der Waals surface area (Å²) in [5.74, 6) is 0.843. The van der Waals surface area contributed by atoms with Crippen molar-refractivity contribution < 1.29 is 9.13 Å². The lowest BCUT2D eigenvalue weighted by atomic mass is 10.1. The Morgan fingerprint density at radius 3 is 2.86 bits per heavy atom. The SMILES string of the molecule is C#COc1ccc(F)c(-c2cnn3ccc(N(C)CCN4CCCC4)nc23)c1. The predicted molar refractivity (Wildman–Crippen MR) is 107 cm³/mol. The Morgan fingerprint density at radius 1 is 1.25 bits per heavy atom. The largest absolute Gasteiger partial charge is 0.408 e. The number of nitrogens with zero attached hydrogens (tertiary/aromatic N) is 5. The molecule has 1 saturated heterocycles. The van der Waals surface area contributed by atoms with Gasteiger partial charge in [0.2, 0.25) is 0 Å². The molecule has 0 N–H and O–H groups in total. The molecule has 3 heterocycles. The minimum Gasteiger partial charge on any atom is -0.408 e. The molecular weight excluding hydrogens is 357 g/mol. The summed E-state index contributed by atoms with van der Waals surface area (Å²) in [5.41, 5.74) is 1.53. The van der Waals surface area contributed by atoms with E-state index in [0.717, 1.165) is 18.9 Å². The first-order valence-corrected chi connectivity index (χ1v) is 9.36. The first-order valence-electron chi connectivity index (χ1n) is 9.36. The van der Waals surface area contributed by atoms with Crippen LogP contribution in [0.5, 0.6) is 5.75 Å². The summed E-state index contributed by atoms with van der Waals surface area (Å²) in [6.07, 6.45) is 13.3. The summed E-state index contributed by atoms with van der Waals surface area (Å²) >= 11 is 0. The Hall–Kier alpha value is -3.11. The Labute approximate surface area is 163 Å². The summed E-state index contributed by atoms with van der Waals surface area (Å²) in [4.78, 5) is 9.31. The second-order valence-electron chi connectivity index (χ2n) is 6.94. The van der Waals surface area contributed by atoms with Crippen molar-refractivity contribution in [2.75, 3.05) is 38.1 Å². The molecule has 1 aromatic carbocycles. The average Bonchev–Trinajstić information content (AvgIpc) is 3.37. The lowest BCUT2D eigenvalue weighted by Gasteiger charge is -2.22. The van der Waals surface area contributed by atoms with E-state index in [1.54, 1.807) is 16.8 Å². The number of aromatic nitrogens is 3. The number of anilines is 1.